The molecule has 4 nitrogen and oxygen atoms in total. The maximum Gasteiger partial charge on any atom is 0.268 e. The lowest BCUT2D eigenvalue weighted by Gasteiger charge is -2.30. The molecule has 5 heteroatoms. The molecule has 2 N–H and O–H groups in total. The SMILES string of the molecule is CCC(CC)(CBr)NC(=O)c1cccc(=O)[nH]1. The standard InChI is InChI=1S/C12H17BrN2O2/c1-3-12(4-2,8-13)15-11(17)9-6-5-7-10(16)14-9/h5-7H,3-4,8H2,1-2H3,(H,14,16)(H,15,17). The van der Waals surface area contributed by atoms with Gasteiger partial charge in [0.05, 0.1) is 0 Å². The molecular formula is C12H17BrN2O2. The van der Waals surface area contributed by atoms with Crippen LogP contribution in [0.4, 0.5) is 0 Å². The van der Waals surface area contributed by atoms with E-state index < -0.39 is 0 Å². The summed E-state index contributed by atoms with van der Waals surface area (Å²) in [6.45, 7) is 4.05. The normalized spacial score (nSPS) is 11.2. The zero-order chi connectivity index (χ0) is 12.9. The Bertz CT molecular complexity index is 430. The number of alkyl halides is 1. The number of pyridine rings is 1. The van der Waals surface area contributed by atoms with E-state index in [2.05, 4.69) is 26.2 Å². The van der Waals surface area contributed by atoms with Gasteiger partial charge in [0, 0.05) is 16.9 Å². The predicted molar refractivity (Wildman–Crippen MR) is 71.6 cm³/mol. The molecule has 0 radical (unpaired) electrons. The van der Waals surface area contributed by atoms with Crippen LogP contribution in [0.3, 0.4) is 0 Å². The molecule has 0 aliphatic rings. The summed E-state index contributed by atoms with van der Waals surface area (Å²) in [6, 6.07) is 4.55. The van der Waals surface area contributed by atoms with Gasteiger partial charge in [0.2, 0.25) is 5.56 Å². The Morgan fingerprint density at radius 2 is 2.06 bits per heavy atom. The highest BCUT2D eigenvalue weighted by Crippen LogP contribution is 2.18. The lowest BCUT2D eigenvalue weighted by Crippen LogP contribution is -2.49. The van der Waals surface area contributed by atoms with E-state index in [1.165, 1.54) is 6.07 Å². The van der Waals surface area contributed by atoms with Crippen LogP contribution >= 0.6 is 15.9 Å². The number of halogens is 1. The second-order valence-electron chi connectivity index (χ2n) is 4.00. The van der Waals surface area contributed by atoms with E-state index in [4.69, 9.17) is 0 Å². The zero-order valence-electron chi connectivity index (χ0n) is 10.0. The Morgan fingerprint density at radius 1 is 1.41 bits per heavy atom. The fourth-order valence-corrected chi connectivity index (χ4v) is 2.47. The first-order valence-electron chi connectivity index (χ1n) is 5.64. The molecule has 1 rings (SSSR count). The lowest BCUT2D eigenvalue weighted by atomic mass is 9.95. The van der Waals surface area contributed by atoms with E-state index in [0.29, 0.717) is 11.0 Å². The molecule has 1 heterocycles. The van der Waals surface area contributed by atoms with E-state index in [1.54, 1.807) is 12.1 Å². The van der Waals surface area contributed by atoms with Crippen molar-refractivity contribution in [2.45, 2.75) is 32.2 Å². The van der Waals surface area contributed by atoms with Crippen LogP contribution in [-0.2, 0) is 0 Å². The molecule has 0 fully saturated rings. The summed E-state index contributed by atoms with van der Waals surface area (Å²) in [6.07, 6.45) is 1.66. The van der Waals surface area contributed by atoms with Crippen molar-refractivity contribution in [3.8, 4) is 0 Å². The molecule has 0 bridgehead atoms. The van der Waals surface area contributed by atoms with E-state index in [9.17, 15) is 9.59 Å². The number of nitrogens with one attached hydrogen (secondary N) is 2. The summed E-state index contributed by atoms with van der Waals surface area (Å²) < 4.78 is 0. The van der Waals surface area contributed by atoms with Crippen LogP contribution in [0.1, 0.15) is 37.2 Å². The molecule has 0 saturated carbocycles. The van der Waals surface area contributed by atoms with Gasteiger partial charge in [-0.25, -0.2) is 0 Å². The molecule has 1 amide bonds. The Balaban J connectivity index is 2.88. The first-order chi connectivity index (χ1) is 8.06. The Morgan fingerprint density at radius 3 is 2.53 bits per heavy atom. The van der Waals surface area contributed by atoms with Gasteiger partial charge < -0.3 is 10.3 Å². The molecule has 94 valence electrons. The van der Waals surface area contributed by atoms with Gasteiger partial charge in [-0.05, 0) is 18.9 Å². The first-order valence-corrected chi connectivity index (χ1v) is 6.77. The minimum Gasteiger partial charge on any atom is -0.345 e. The molecular weight excluding hydrogens is 284 g/mol. The quantitative estimate of drug-likeness (QED) is 0.818. The average Bonchev–Trinajstić information content (AvgIpc) is 2.36. The molecule has 1 aromatic rings. The third-order valence-corrected chi connectivity index (χ3v) is 4.07. The van der Waals surface area contributed by atoms with Crippen molar-refractivity contribution < 1.29 is 4.79 Å². The van der Waals surface area contributed by atoms with Crippen LogP contribution < -0.4 is 10.9 Å². The van der Waals surface area contributed by atoms with Crippen LogP contribution in [0, 0.1) is 0 Å². The molecule has 1 aromatic heterocycles. The summed E-state index contributed by atoms with van der Waals surface area (Å²) in [5.41, 5.74) is -0.233. The van der Waals surface area contributed by atoms with Crippen molar-refractivity contribution in [3.05, 3.63) is 34.2 Å². The molecule has 17 heavy (non-hydrogen) atoms. The van der Waals surface area contributed by atoms with Crippen molar-refractivity contribution in [3.63, 3.8) is 0 Å². The zero-order valence-corrected chi connectivity index (χ0v) is 11.6. The van der Waals surface area contributed by atoms with Crippen LogP contribution in [-0.4, -0.2) is 21.8 Å². The first kappa shape index (κ1) is 14.0. The number of carbonyl (C=O) groups is 1. The van der Waals surface area contributed by atoms with E-state index in [1.807, 2.05) is 13.8 Å². The largest absolute Gasteiger partial charge is 0.345 e. The molecule has 0 atom stereocenters. The Labute approximate surface area is 109 Å². The number of H-pyrrole nitrogens is 1. The molecule has 0 saturated heterocycles. The predicted octanol–water partition coefficient (Wildman–Crippen LogP) is 2.06. The van der Waals surface area contributed by atoms with E-state index in [0.717, 1.165) is 12.8 Å². The van der Waals surface area contributed by atoms with Crippen molar-refractivity contribution in [1.29, 1.82) is 0 Å². The number of rotatable bonds is 5. The number of hydrogen-bond acceptors (Lipinski definition) is 2. The monoisotopic (exact) mass is 300 g/mol. The van der Waals surface area contributed by atoms with Gasteiger partial charge in [-0.1, -0.05) is 35.8 Å². The number of hydrogen-bond donors (Lipinski definition) is 2. The summed E-state index contributed by atoms with van der Waals surface area (Å²) in [5, 5.41) is 3.66. The minimum atomic E-state index is -0.268. The third kappa shape index (κ3) is 3.43. The van der Waals surface area contributed by atoms with Crippen LogP contribution in [0.5, 0.6) is 0 Å². The maximum atomic E-state index is 12.0. The van der Waals surface area contributed by atoms with Gasteiger partial charge in [-0.15, -0.1) is 0 Å². The van der Waals surface area contributed by atoms with Crippen molar-refractivity contribution >= 4 is 21.8 Å². The average molecular weight is 301 g/mol. The molecule has 0 aliphatic carbocycles. The third-order valence-electron chi connectivity index (χ3n) is 3.00. The molecule has 0 aromatic carbocycles. The van der Waals surface area contributed by atoms with Crippen molar-refractivity contribution in [1.82, 2.24) is 10.3 Å². The van der Waals surface area contributed by atoms with E-state index in [-0.39, 0.29) is 17.0 Å². The summed E-state index contributed by atoms with van der Waals surface area (Å²) in [7, 11) is 0. The molecule has 0 unspecified atom stereocenters. The van der Waals surface area contributed by atoms with E-state index >= 15 is 0 Å². The van der Waals surface area contributed by atoms with Crippen LogP contribution in [0.25, 0.3) is 0 Å². The highest BCUT2D eigenvalue weighted by atomic mass is 79.9. The summed E-state index contributed by atoms with van der Waals surface area (Å²) >= 11 is 3.42. The smallest absolute Gasteiger partial charge is 0.268 e. The van der Waals surface area contributed by atoms with Crippen LogP contribution in [0.15, 0.2) is 23.0 Å². The number of aromatic nitrogens is 1. The molecule has 0 aliphatic heterocycles. The van der Waals surface area contributed by atoms with Crippen molar-refractivity contribution in [2.75, 3.05) is 5.33 Å². The highest BCUT2D eigenvalue weighted by Gasteiger charge is 2.27. The van der Waals surface area contributed by atoms with Crippen molar-refractivity contribution in [2.24, 2.45) is 0 Å². The Hall–Kier alpha value is -1.10. The fourth-order valence-electron chi connectivity index (χ4n) is 1.54. The second-order valence-corrected chi connectivity index (χ2v) is 4.56. The Kier molecular flexibility index (Phi) is 4.93. The van der Waals surface area contributed by atoms with Gasteiger partial charge in [0.1, 0.15) is 5.69 Å². The van der Waals surface area contributed by atoms with Gasteiger partial charge in [-0.2, -0.15) is 0 Å². The van der Waals surface area contributed by atoms with Crippen LogP contribution in [0.2, 0.25) is 0 Å². The fraction of sp³-hybridized carbons (Fsp3) is 0.500. The highest BCUT2D eigenvalue weighted by molar-refractivity contribution is 9.09. The van der Waals surface area contributed by atoms with Gasteiger partial charge in [0.25, 0.3) is 5.91 Å². The summed E-state index contributed by atoms with van der Waals surface area (Å²) in [4.78, 5) is 25.6. The number of carbonyl (C=O) groups excluding carboxylic acids is 1. The minimum absolute atomic E-state index is 0.245. The molecule has 0 spiro atoms. The topological polar surface area (TPSA) is 62.0 Å². The maximum absolute atomic E-state index is 12.0. The van der Waals surface area contributed by atoms with Gasteiger partial charge in [0.15, 0.2) is 0 Å². The summed E-state index contributed by atoms with van der Waals surface area (Å²) in [5.74, 6) is -0.245. The van der Waals surface area contributed by atoms with Gasteiger partial charge in [-0.3, -0.25) is 9.59 Å². The second kappa shape index (κ2) is 6.00. The number of amides is 1. The lowest BCUT2D eigenvalue weighted by molar-refractivity contribution is 0.0898. The number of aromatic amines is 1. The van der Waals surface area contributed by atoms with Gasteiger partial charge >= 0.3 is 0 Å².